The molecule has 0 saturated carbocycles. The van der Waals surface area contributed by atoms with Gasteiger partial charge in [-0.15, -0.1) is 0 Å². The van der Waals surface area contributed by atoms with Crippen molar-refractivity contribution < 1.29 is 5.11 Å². The lowest BCUT2D eigenvalue weighted by molar-refractivity contribution is 0.457. The second kappa shape index (κ2) is 7.25. The fourth-order valence-corrected chi connectivity index (χ4v) is 3.55. The number of aliphatic imine (C=N–C) groups is 1. The summed E-state index contributed by atoms with van der Waals surface area (Å²) in [4.78, 5) is 15.1. The van der Waals surface area contributed by atoms with Gasteiger partial charge in [-0.2, -0.15) is 0 Å². The van der Waals surface area contributed by atoms with Crippen LogP contribution in [0.25, 0.3) is 22.2 Å². The van der Waals surface area contributed by atoms with E-state index >= 15 is 0 Å². The number of anilines is 1. The highest BCUT2D eigenvalue weighted by atomic mass is 16.3. The summed E-state index contributed by atoms with van der Waals surface area (Å²) in [7, 11) is 0. The van der Waals surface area contributed by atoms with Gasteiger partial charge in [0.25, 0.3) is 0 Å². The molecule has 0 saturated heterocycles. The zero-order valence-electron chi connectivity index (χ0n) is 16.0. The summed E-state index contributed by atoms with van der Waals surface area (Å²) in [5.74, 6) is 0.0623. The summed E-state index contributed by atoms with van der Waals surface area (Å²) >= 11 is 0. The number of imidazole rings is 1. The third kappa shape index (κ3) is 3.20. The summed E-state index contributed by atoms with van der Waals surface area (Å²) in [5, 5.41) is 11.5. The van der Waals surface area contributed by atoms with Gasteiger partial charge in [0.05, 0.1) is 35.2 Å². The Bertz CT molecular complexity index is 1330. The number of benzene rings is 3. The highest BCUT2D eigenvalue weighted by Crippen LogP contribution is 2.33. The van der Waals surface area contributed by atoms with E-state index < -0.39 is 0 Å². The third-order valence-electron chi connectivity index (χ3n) is 5.00. The molecule has 30 heavy (non-hydrogen) atoms. The van der Waals surface area contributed by atoms with E-state index in [0.717, 1.165) is 33.4 Å². The number of nitrogens with one attached hydrogen (secondary N) is 2. The predicted molar refractivity (Wildman–Crippen MR) is 120 cm³/mol. The molecule has 5 N–H and O–H groups in total. The van der Waals surface area contributed by atoms with Gasteiger partial charge in [0.1, 0.15) is 0 Å². The number of aromatic nitrogens is 3. The molecule has 0 aliphatic rings. The highest BCUT2D eigenvalue weighted by Gasteiger charge is 2.18. The van der Waals surface area contributed by atoms with Gasteiger partial charge in [-0.1, -0.05) is 42.5 Å². The van der Waals surface area contributed by atoms with Crippen LogP contribution in [0, 0.1) is 0 Å². The van der Waals surface area contributed by atoms with Crippen molar-refractivity contribution in [2.45, 2.75) is 0 Å². The predicted octanol–water partition coefficient (Wildman–Crippen LogP) is 5.01. The first-order chi connectivity index (χ1) is 14.7. The van der Waals surface area contributed by atoms with Crippen molar-refractivity contribution >= 4 is 28.0 Å². The van der Waals surface area contributed by atoms with E-state index in [4.69, 9.17) is 10.7 Å². The lowest BCUT2D eigenvalue weighted by Gasteiger charge is -2.08. The van der Waals surface area contributed by atoms with Crippen LogP contribution in [0.2, 0.25) is 0 Å². The number of hydrogen-bond acceptors (Lipinski definition) is 4. The Hall–Kier alpha value is -4.32. The molecule has 6 heteroatoms. The van der Waals surface area contributed by atoms with Crippen molar-refractivity contribution in [3.8, 4) is 17.1 Å². The van der Waals surface area contributed by atoms with Gasteiger partial charge in [-0.3, -0.25) is 0 Å². The molecule has 0 atom stereocenters. The van der Waals surface area contributed by atoms with Crippen LogP contribution >= 0.6 is 0 Å². The molecule has 5 rings (SSSR count). The van der Waals surface area contributed by atoms with Gasteiger partial charge < -0.3 is 20.8 Å². The largest absolute Gasteiger partial charge is 0.494 e. The Kier molecular flexibility index (Phi) is 4.29. The van der Waals surface area contributed by atoms with Gasteiger partial charge in [-0.25, -0.2) is 9.98 Å². The Labute approximate surface area is 172 Å². The number of nitrogen functional groups attached to an aromatic ring is 1. The van der Waals surface area contributed by atoms with Crippen molar-refractivity contribution in [1.82, 2.24) is 15.0 Å². The minimum atomic E-state index is 0.0623. The smallest absolute Gasteiger partial charge is 0.199 e. The number of H-pyrrole nitrogens is 2. The van der Waals surface area contributed by atoms with Crippen molar-refractivity contribution in [1.29, 1.82) is 0 Å². The van der Waals surface area contributed by atoms with Gasteiger partial charge in [-0.05, 0) is 35.9 Å². The number of hydrogen-bond donors (Lipinski definition) is 4. The van der Waals surface area contributed by atoms with Crippen molar-refractivity contribution in [2.24, 2.45) is 4.99 Å². The van der Waals surface area contributed by atoms with E-state index in [-0.39, 0.29) is 5.88 Å². The maximum absolute atomic E-state index is 10.7. The molecule has 3 aromatic carbocycles. The molecule has 0 bridgehead atoms. The van der Waals surface area contributed by atoms with Crippen LogP contribution < -0.4 is 5.73 Å². The average molecular weight is 393 g/mol. The molecule has 2 aromatic heterocycles. The van der Waals surface area contributed by atoms with Gasteiger partial charge >= 0.3 is 0 Å². The van der Waals surface area contributed by atoms with Crippen molar-refractivity contribution in [3.63, 3.8) is 0 Å². The summed E-state index contributed by atoms with van der Waals surface area (Å²) in [6.45, 7) is 0. The molecule has 0 aliphatic heterocycles. The van der Waals surface area contributed by atoms with E-state index in [1.807, 2.05) is 66.7 Å². The van der Waals surface area contributed by atoms with Crippen LogP contribution in [0.1, 0.15) is 11.1 Å². The number of rotatable bonds is 4. The quantitative estimate of drug-likeness (QED) is 0.255. The maximum Gasteiger partial charge on any atom is 0.199 e. The van der Waals surface area contributed by atoms with Crippen molar-refractivity contribution in [2.75, 3.05) is 5.73 Å². The molecule has 5 aromatic rings. The number of nitrogens with two attached hydrogens (primary N) is 1. The van der Waals surface area contributed by atoms with Crippen LogP contribution in [0.4, 0.5) is 11.4 Å². The van der Waals surface area contributed by atoms with Crippen molar-refractivity contribution in [3.05, 3.63) is 96.4 Å². The SMILES string of the molecule is Nc1ccc2[nH]c(O)c(C(=Nc3ccc(-c4cnc[nH]4)cc3)c3ccccc3)c2c1. The molecule has 2 heterocycles. The van der Waals surface area contributed by atoms with Crippen LogP contribution in [-0.4, -0.2) is 25.8 Å². The second-order valence-electron chi connectivity index (χ2n) is 6.99. The molecule has 0 radical (unpaired) electrons. The lowest BCUT2D eigenvalue weighted by atomic mass is 10.0. The number of nitrogens with zero attached hydrogens (tertiary/aromatic N) is 2. The average Bonchev–Trinajstić information content (AvgIpc) is 3.41. The standard InChI is InChI=1S/C24H19N5O/c25-17-8-11-20-19(12-17)22(24(30)29-20)23(16-4-2-1-3-5-16)28-18-9-6-15(7-10-18)21-13-26-14-27-21/h1-14,29-30H,25H2,(H,26,27). The van der Waals surface area contributed by atoms with Crippen LogP contribution in [0.15, 0.2) is 90.3 Å². The molecule has 6 nitrogen and oxygen atoms in total. The summed E-state index contributed by atoms with van der Waals surface area (Å²) < 4.78 is 0. The Morgan fingerprint density at radius 1 is 0.967 bits per heavy atom. The molecule has 0 fully saturated rings. The Morgan fingerprint density at radius 3 is 2.50 bits per heavy atom. The molecule has 146 valence electrons. The zero-order valence-corrected chi connectivity index (χ0v) is 16.0. The summed E-state index contributed by atoms with van der Waals surface area (Å²) in [6.07, 6.45) is 3.43. The fraction of sp³-hybridized carbons (Fsp3) is 0. The molecule has 0 unspecified atom stereocenters. The molecular formula is C24H19N5O. The van der Waals surface area contributed by atoms with Crippen LogP contribution in [0.5, 0.6) is 5.88 Å². The summed E-state index contributed by atoms with van der Waals surface area (Å²) in [6, 6.07) is 23.2. The van der Waals surface area contributed by atoms with Crippen LogP contribution in [-0.2, 0) is 0 Å². The van der Waals surface area contributed by atoms with E-state index in [9.17, 15) is 5.11 Å². The third-order valence-corrected chi connectivity index (χ3v) is 5.00. The lowest BCUT2D eigenvalue weighted by Crippen LogP contribution is -2.03. The zero-order chi connectivity index (χ0) is 20.5. The molecule has 0 amide bonds. The molecule has 0 aliphatic carbocycles. The first-order valence-corrected chi connectivity index (χ1v) is 9.52. The maximum atomic E-state index is 10.7. The minimum absolute atomic E-state index is 0.0623. The van der Waals surface area contributed by atoms with Gasteiger partial charge in [0.15, 0.2) is 5.88 Å². The normalized spacial score (nSPS) is 11.8. The van der Waals surface area contributed by atoms with Gasteiger partial charge in [0.2, 0.25) is 0 Å². The van der Waals surface area contributed by atoms with E-state index in [0.29, 0.717) is 17.0 Å². The second-order valence-corrected chi connectivity index (χ2v) is 6.99. The van der Waals surface area contributed by atoms with E-state index in [1.165, 1.54) is 0 Å². The monoisotopic (exact) mass is 393 g/mol. The minimum Gasteiger partial charge on any atom is -0.494 e. The first-order valence-electron chi connectivity index (χ1n) is 9.52. The van der Waals surface area contributed by atoms with E-state index in [2.05, 4.69) is 15.0 Å². The Morgan fingerprint density at radius 2 is 1.77 bits per heavy atom. The summed E-state index contributed by atoms with van der Waals surface area (Å²) in [5.41, 5.74) is 12.4. The Balaban J connectivity index is 1.67. The molecule has 0 spiro atoms. The number of aromatic hydroxyl groups is 1. The number of fused-ring (bicyclic) bond motifs is 1. The number of aromatic amines is 2. The van der Waals surface area contributed by atoms with Gasteiger partial charge in [0, 0.05) is 22.2 Å². The topological polar surface area (TPSA) is 103 Å². The fourth-order valence-electron chi connectivity index (χ4n) is 3.55. The van der Waals surface area contributed by atoms with E-state index in [1.54, 1.807) is 18.6 Å². The van der Waals surface area contributed by atoms with Crippen LogP contribution in [0.3, 0.4) is 0 Å². The first kappa shape index (κ1) is 17.8. The molecular weight excluding hydrogens is 374 g/mol. The highest BCUT2D eigenvalue weighted by molar-refractivity contribution is 6.22.